The lowest BCUT2D eigenvalue weighted by Gasteiger charge is -2.17. The largest absolute Gasteiger partial charge is 0.497 e. The third-order valence-electron chi connectivity index (χ3n) is 3.65. The molecule has 1 atom stereocenters. The van der Waals surface area contributed by atoms with Crippen LogP contribution >= 0.6 is 0 Å². The molecule has 1 fully saturated rings. The van der Waals surface area contributed by atoms with Gasteiger partial charge in [0.2, 0.25) is 0 Å². The molecule has 1 aliphatic heterocycles. The molecule has 1 aliphatic rings. The number of likely N-dealkylation sites (tertiary alicyclic amines) is 1. The molecule has 5 heteroatoms. The molecule has 1 saturated heterocycles. The minimum absolute atomic E-state index is 0.00179. The van der Waals surface area contributed by atoms with Crippen molar-refractivity contribution in [2.45, 2.75) is 12.3 Å². The normalized spacial score (nSPS) is 18.1. The van der Waals surface area contributed by atoms with Crippen LogP contribution in [0.1, 0.15) is 17.9 Å². The summed E-state index contributed by atoms with van der Waals surface area (Å²) >= 11 is 0. The van der Waals surface area contributed by atoms with Gasteiger partial charge in [0.05, 0.1) is 13.7 Å². The molecule has 0 aromatic heterocycles. The third kappa shape index (κ3) is 3.63. The van der Waals surface area contributed by atoms with Gasteiger partial charge in [0.25, 0.3) is 0 Å². The third-order valence-corrected chi connectivity index (χ3v) is 3.65. The van der Waals surface area contributed by atoms with E-state index in [4.69, 9.17) is 9.47 Å². The minimum atomic E-state index is -0.00179. The Labute approximate surface area is 119 Å². The first-order valence-electron chi connectivity index (χ1n) is 6.90. The molecule has 5 nitrogen and oxygen atoms in total. The van der Waals surface area contributed by atoms with Crippen LogP contribution in [0.2, 0.25) is 0 Å². The Morgan fingerprint density at radius 3 is 2.75 bits per heavy atom. The Bertz CT molecular complexity index is 433. The van der Waals surface area contributed by atoms with Crippen LogP contribution in [0.25, 0.3) is 0 Å². The smallest absolute Gasteiger partial charge is 0.317 e. The number of nitrogens with zero attached hydrogens (tertiary/aromatic N) is 1. The molecule has 1 aromatic carbocycles. The number of nitrogens with one attached hydrogen (secondary N) is 1. The van der Waals surface area contributed by atoms with E-state index in [1.807, 2.05) is 17.0 Å². The van der Waals surface area contributed by atoms with E-state index in [9.17, 15) is 4.79 Å². The van der Waals surface area contributed by atoms with Gasteiger partial charge >= 0.3 is 6.03 Å². The lowest BCUT2D eigenvalue weighted by Crippen LogP contribution is -2.39. The Hall–Kier alpha value is -1.75. The fraction of sp³-hybridized carbons (Fsp3) is 0.533. The van der Waals surface area contributed by atoms with E-state index in [0.717, 1.165) is 25.3 Å². The van der Waals surface area contributed by atoms with Crippen molar-refractivity contribution in [1.29, 1.82) is 0 Å². The Kier molecular flexibility index (Phi) is 5.24. The molecule has 0 aliphatic carbocycles. The topological polar surface area (TPSA) is 50.8 Å². The van der Waals surface area contributed by atoms with E-state index >= 15 is 0 Å². The monoisotopic (exact) mass is 278 g/mol. The molecule has 0 bridgehead atoms. The fourth-order valence-electron chi connectivity index (χ4n) is 2.46. The number of rotatable bonds is 5. The fourth-order valence-corrected chi connectivity index (χ4v) is 2.46. The molecular weight excluding hydrogens is 256 g/mol. The van der Waals surface area contributed by atoms with Crippen molar-refractivity contribution in [3.05, 3.63) is 29.8 Å². The first kappa shape index (κ1) is 14.7. The predicted octanol–water partition coefficient (Wildman–Crippen LogP) is 1.84. The standard InChI is InChI=1S/C15H22N2O3/c1-19-10-8-16-15(18)17-9-7-13(11-17)12-3-5-14(20-2)6-4-12/h3-6,13H,7-11H2,1-2H3,(H,16,18)/t13-/m0/s1. The van der Waals surface area contributed by atoms with Crippen LogP contribution in [-0.2, 0) is 4.74 Å². The SMILES string of the molecule is COCCNC(=O)N1CC[C@H](c2ccc(OC)cc2)C1. The molecule has 1 heterocycles. The summed E-state index contributed by atoms with van der Waals surface area (Å²) in [5, 5.41) is 2.86. The van der Waals surface area contributed by atoms with Gasteiger partial charge in [-0.15, -0.1) is 0 Å². The van der Waals surface area contributed by atoms with E-state index < -0.39 is 0 Å². The van der Waals surface area contributed by atoms with E-state index in [2.05, 4.69) is 17.4 Å². The van der Waals surface area contributed by atoms with Crippen LogP contribution in [0, 0.1) is 0 Å². The van der Waals surface area contributed by atoms with E-state index in [0.29, 0.717) is 19.1 Å². The zero-order valence-corrected chi connectivity index (χ0v) is 12.1. The molecule has 110 valence electrons. The number of carbonyl (C=O) groups is 1. The number of hydrogen-bond donors (Lipinski definition) is 1. The maximum absolute atomic E-state index is 11.9. The number of benzene rings is 1. The summed E-state index contributed by atoms with van der Waals surface area (Å²) in [5.74, 6) is 1.27. The predicted molar refractivity (Wildman–Crippen MR) is 77.2 cm³/mol. The van der Waals surface area contributed by atoms with Crippen LogP contribution in [-0.4, -0.2) is 51.4 Å². The van der Waals surface area contributed by atoms with Gasteiger partial charge < -0.3 is 19.7 Å². The first-order valence-corrected chi connectivity index (χ1v) is 6.90. The van der Waals surface area contributed by atoms with Crippen LogP contribution in [0.4, 0.5) is 4.79 Å². The summed E-state index contributed by atoms with van der Waals surface area (Å²) in [6.07, 6.45) is 1.00. The maximum Gasteiger partial charge on any atom is 0.317 e. The summed E-state index contributed by atoms with van der Waals surface area (Å²) in [6, 6.07) is 8.09. The highest BCUT2D eigenvalue weighted by Crippen LogP contribution is 2.28. The second-order valence-corrected chi connectivity index (χ2v) is 4.93. The van der Waals surface area contributed by atoms with Crippen molar-refractivity contribution in [2.24, 2.45) is 0 Å². The van der Waals surface area contributed by atoms with E-state index in [-0.39, 0.29) is 6.03 Å². The van der Waals surface area contributed by atoms with Crippen LogP contribution < -0.4 is 10.1 Å². The van der Waals surface area contributed by atoms with Crippen molar-refractivity contribution in [3.63, 3.8) is 0 Å². The quantitative estimate of drug-likeness (QED) is 0.836. The molecule has 1 aromatic rings. The average molecular weight is 278 g/mol. The highest BCUT2D eigenvalue weighted by atomic mass is 16.5. The Morgan fingerprint density at radius 2 is 2.10 bits per heavy atom. The van der Waals surface area contributed by atoms with Crippen LogP contribution in [0.5, 0.6) is 5.75 Å². The van der Waals surface area contributed by atoms with Gasteiger partial charge in [0.15, 0.2) is 0 Å². The molecular formula is C15H22N2O3. The van der Waals surface area contributed by atoms with Gasteiger partial charge in [0.1, 0.15) is 5.75 Å². The molecule has 0 spiro atoms. The maximum atomic E-state index is 11.9. The molecule has 2 rings (SSSR count). The highest BCUT2D eigenvalue weighted by Gasteiger charge is 2.26. The number of urea groups is 1. The van der Waals surface area contributed by atoms with E-state index in [1.165, 1.54) is 5.56 Å². The summed E-state index contributed by atoms with van der Waals surface area (Å²) < 4.78 is 10.1. The van der Waals surface area contributed by atoms with Crippen molar-refractivity contribution in [3.8, 4) is 5.75 Å². The van der Waals surface area contributed by atoms with Gasteiger partial charge in [-0.05, 0) is 24.1 Å². The van der Waals surface area contributed by atoms with Crippen molar-refractivity contribution >= 4 is 6.03 Å². The van der Waals surface area contributed by atoms with Crippen molar-refractivity contribution < 1.29 is 14.3 Å². The summed E-state index contributed by atoms with van der Waals surface area (Å²) in [7, 11) is 3.29. The summed E-state index contributed by atoms with van der Waals surface area (Å²) in [6.45, 7) is 2.67. The molecule has 0 unspecified atom stereocenters. The Morgan fingerprint density at radius 1 is 1.35 bits per heavy atom. The molecule has 20 heavy (non-hydrogen) atoms. The lowest BCUT2D eigenvalue weighted by atomic mass is 9.98. The number of carbonyl (C=O) groups excluding carboxylic acids is 1. The first-order chi connectivity index (χ1) is 9.74. The number of methoxy groups -OCH3 is 2. The molecule has 2 amide bonds. The minimum Gasteiger partial charge on any atom is -0.497 e. The van der Waals surface area contributed by atoms with Crippen molar-refractivity contribution in [1.82, 2.24) is 10.2 Å². The second-order valence-electron chi connectivity index (χ2n) is 4.93. The zero-order chi connectivity index (χ0) is 14.4. The summed E-state index contributed by atoms with van der Waals surface area (Å²) in [4.78, 5) is 13.8. The van der Waals surface area contributed by atoms with E-state index in [1.54, 1.807) is 14.2 Å². The van der Waals surface area contributed by atoms with Gasteiger partial charge in [-0.1, -0.05) is 12.1 Å². The zero-order valence-electron chi connectivity index (χ0n) is 12.1. The van der Waals surface area contributed by atoms with Crippen LogP contribution in [0.3, 0.4) is 0 Å². The van der Waals surface area contributed by atoms with Crippen LogP contribution in [0.15, 0.2) is 24.3 Å². The number of ether oxygens (including phenoxy) is 2. The highest BCUT2D eigenvalue weighted by molar-refractivity contribution is 5.74. The second kappa shape index (κ2) is 7.14. The van der Waals surface area contributed by atoms with Gasteiger partial charge in [0, 0.05) is 32.7 Å². The number of amides is 2. The van der Waals surface area contributed by atoms with Gasteiger partial charge in [-0.25, -0.2) is 4.79 Å². The van der Waals surface area contributed by atoms with Crippen molar-refractivity contribution in [2.75, 3.05) is 40.5 Å². The summed E-state index contributed by atoms with van der Waals surface area (Å²) in [5.41, 5.74) is 1.26. The molecule has 1 N–H and O–H groups in total. The van der Waals surface area contributed by atoms with Gasteiger partial charge in [-0.2, -0.15) is 0 Å². The average Bonchev–Trinajstić information content (AvgIpc) is 2.97. The van der Waals surface area contributed by atoms with Gasteiger partial charge in [-0.3, -0.25) is 0 Å². The lowest BCUT2D eigenvalue weighted by molar-refractivity contribution is 0.185. The molecule has 0 radical (unpaired) electrons. The Balaban J connectivity index is 1.86. The number of hydrogen-bond acceptors (Lipinski definition) is 3. The molecule has 0 saturated carbocycles.